The van der Waals surface area contributed by atoms with Gasteiger partial charge in [0, 0.05) is 23.6 Å². The lowest BCUT2D eigenvalue weighted by molar-refractivity contribution is -0.383. The van der Waals surface area contributed by atoms with Gasteiger partial charge in [-0.25, -0.2) is 19.3 Å². The van der Waals surface area contributed by atoms with Crippen LogP contribution in [0.4, 0.5) is 11.6 Å². The fraction of sp³-hybridized carbons (Fsp3) is 0.607. The summed E-state index contributed by atoms with van der Waals surface area (Å²) in [5.74, 6) is 7.65. The average Bonchev–Trinajstić information content (AvgIpc) is 3.80. The van der Waals surface area contributed by atoms with Gasteiger partial charge in [0.05, 0.1) is 33.6 Å². The Bertz CT molecular complexity index is 1710. The van der Waals surface area contributed by atoms with Gasteiger partial charge in [-0.15, -0.1) is 0 Å². The minimum atomic E-state index is 0.0840. The Kier molecular flexibility index (Phi) is 2.56. The Morgan fingerprint density at radius 1 is 1.08 bits per heavy atom. The average molecular weight is 509 g/mol. The maximum absolute atomic E-state index is 10.1. The van der Waals surface area contributed by atoms with Crippen molar-refractivity contribution in [3.05, 3.63) is 40.1 Å². The van der Waals surface area contributed by atoms with Gasteiger partial charge in [0.1, 0.15) is 18.0 Å². The lowest BCUT2D eigenvalue weighted by Gasteiger charge is -2.85. The second-order valence-electron chi connectivity index (χ2n) is 13.5. The third kappa shape index (κ3) is 1.40. The van der Waals surface area contributed by atoms with Crippen LogP contribution >= 0.6 is 11.6 Å². The number of hydrogen-bond acceptors (Lipinski definition) is 6. The van der Waals surface area contributed by atoms with E-state index in [1.54, 1.807) is 11.0 Å². The number of rotatable bonds is 6. The quantitative estimate of drug-likeness (QED) is 0.538. The van der Waals surface area contributed by atoms with Crippen LogP contribution < -0.4 is 5.32 Å². The molecule has 0 amide bonds. The predicted molar refractivity (Wildman–Crippen MR) is 132 cm³/mol. The summed E-state index contributed by atoms with van der Waals surface area (Å²) in [4.78, 5) is 9.03. The molecule has 8 aliphatic carbocycles. The minimum absolute atomic E-state index is 0.0840. The molecule has 8 aliphatic rings. The molecule has 0 aliphatic heterocycles. The maximum Gasteiger partial charge on any atom is 0.159 e. The zero-order valence-corrected chi connectivity index (χ0v) is 21.6. The summed E-state index contributed by atoms with van der Waals surface area (Å²) in [6, 6.07) is 4.79. The van der Waals surface area contributed by atoms with Crippen molar-refractivity contribution >= 4 is 23.2 Å². The van der Waals surface area contributed by atoms with Crippen LogP contribution in [0.15, 0.2) is 12.4 Å². The Labute approximate surface area is 218 Å². The van der Waals surface area contributed by atoms with E-state index in [1.807, 2.05) is 19.9 Å². The highest BCUT2D eigenvalue weighted by Gasteiger charge is 3.31. The first-order valence-corrected chi connectivity index (χ1v) is 14.1. The Morgan fingerprint density at radius 3 is 2.49 bits per heavy atom. The number of aryl methyl sites for hydroxylation is 1. The van der Waals surface area contributed by atoms with Gasteiger partial charge < -0.3 is 5.32 Å². The van der Waals surface area contributed by atoms with E-state index in [0.717, 1.165) is 53.2 Å². The van der Waals surface area contributed by atoms with Crippen molar-refractivity contribution in [1.29, 1.82) is 5.26 Å². The number of aromatic nitrogens is 6. The monoisotopic (exact) mass is 508 g/mol. The van der Waals surface area contributed by atoms with Crippen molar-refractivity contribution in [2.75, 3.05) is 5.32 Å². The van der Waals surface area contributed by atoms with E-state index in [-0.39, 0.29) is 10.8 Å². The zero-order chi connectivity index (χ0) is 24.6. The van der Waals surface area contributed by atoms with Crippen molar-refractivity contribution < 1.29 is 0 Å². The molecule has 0 saturated heterocycles. The zero-order valence-electron chi connectivity index (χ0n) is 20.8. The summed E-state index contributed by atoms with van der Waals surface area (Å²) in [6.07, 6.45) is 4.15. The molecule has 37 heavy (non-hydrogen) atoms. The molecule has 1 N–H and O–H groups in total. The van der Waals surface area contributed by atoms with E-state index < -0.39 is 0 Å². The van der Waals surface area contributed by atoms with E-state index in [9.17, 15) is 5.26 Å². The summed E-state index contributed by atoms with van der Waals surface area (Å²) in [5, 5.41) is 24.4. The first-order chi connectivity index (χ1) is 17.9. The molecular formula is C28H25ClN8. The Balaban J connectivity index is 1.00. The molecule has 6 atom stereocenters. The van der Waals surface area contributed by atoms with E-state index in [4.69, 9.17) is 16.7 Å². The molecular weight excluding hydrogens is 484 g/mol. The topological polar surface area (TPSA) is 97.2 Å². The molecule has 0 aromatic carbocycles. The van der Waals surface area contributed by atoms with Crippen LogP contribution in [0.3, 0.4) is 0 Å². The molecule has 3 heterocycles. The molecule has 0 bridgehead atoms. The Morgan fingerprint density at radius 2 is 1.84 bits per heavy atom. The van der Waals surface area contributed by atoms with E-state index >= 15 is 0 Å². The van der Waals surface area contributed by atoms with Crippen molar-refractivity contribution in [2.24, 2.45) is 57.7 Å². The molecule has 184 valence electrons. The third-order valence-electron chi connectivity index (χ3n) is 12.9. The summed E-state index contributed by atoms with van der Waals surface area (Å²) in [6.45, 7) is 7.07. The van der Waals surface area contributed by atoms with Crippen LogP contribution in [0, 0.1) is 89.8 Å². The lowest BCUT2D eigenvalue weighted by Crippen LogP contribution is -2.86. The summed E-state index contributed by atoms with van der Waals surface area (Å²) < 4.78 is 4.02. The van der Waals surface area contributed by atoms with E-state index in [1.165, 1.54) is 24.1 Å². The first kappa shape index (κ1) is 19.2. The number of nitriles is 1. The number of hydrogen-bond donors (Lipinski definition) is 1. The molecule has 0 radical (unpaired) electrons. The van der Waals surface area contributed by atoms with Gasteiger partial charge in [0.25, 0.3) is 0 Å². The maximum atomic E-state index is 10.1. The van der Waals surface area contributed by atoms with Gasteiger partial charge in [0.2, 0.25) is 0 Å². The number of fused-ring (bicyclic) bond motifs is 6. The van der Waals surface area contributed by atoms with Crippen LogP contribution in [0.2, 0.25) is 5.02 Å². The van der Waals surface area contributed by atoms with Gasteiger partial charge in [-0.1, -0.05) is 11.6 Å². The number of halogens is 1. The molecule has 11 rings (SSSR count). The van der Waals surface area contributed by atoms with Crippen LogP contribution in [0.1, 0.15) is 35.5 Å². The van der Waals surface area contributed by atoms with Gasteiger partial charge in [-0.05, 0) is 85.9 Å². The Hall–Kier alpha value is -2.92. The number of anilines is 2. The minimum Gasteiger partial charge on any atom is -0.325 e. The second-order valence-corrected chi connectivity index (χ2v) is 13.9. The number of nitrogens with zero attached hydrogens (tertiary/aromatic N) is 7. The van der Waals surface area contributed by atoms with Crippen molar-refractivity contribution in [2.45, 2.75) is 45.6 Å². The molecule has 3 aromatic rings. The van der Waals surface area contributed by atoms with Gasteiger partial charge in [-0.3, -0.25) is 0 Å². The van der Waals surface area contributed by atoms with E-state index in [2.05, 4.69) is 38.1 Å². The summed E-state index contributed by atoms with van der Waals surface area (Å²) in [7, 11) is 0. The molecule has 6 unspecified atom stereocenters. The molecule has 2 spiro atoms. The molecule has 9 heteroatoms. The smallest absolute Gasteiger partial charge is 0.159 e. The van der Waals surface area contributed by atoms with Crippen molar-refractivity contribution in [3.8, 4) is 11.9 Å². The van der Waals surface area contributed by atoms with Crippen LogP contribution in [-0.4, -0.2) is 29.5 Å². The molecule has 8 fully saturated rings. The lowest BCUT2D eigenvalue weighted by atomic mass is 9.16. The highest BCUT2D eigenvalue weighted by molar-refractivity contribution is 6.31. The van der Waals surface area contributed by atoms with Crippen LogP contribution in [0.25, 0.3) is 5.82 Å². The van der Waals surface area contributed by atoms with Gasteiger partial charge in [-0.2, -0.15) is 15.5 Å². The molecule has 3 aromatic heterocycles. The largest absolute Gasteiger partial charge is 0.325 e. The van der Waals surface area contributed by atoms with Crippen LogP contribution in [-0.2, 0) is 12.0 Å². The number of nitrogens with one attached hydrogen (secondary N) is 1. The normalized spacial score (nSPS) is 48.2. The fourth-order valence-corrected chi connectivity index (χ4v) is 12.6. The highest BCUT2D eigenvalue weighted by Crippen LogP contribution is 3.30. The summed E-state index contributed by atoms with van der Waals surface area (Å²) >= 11 is 6.40. The van der Waals surface area contributed by atoms with Gasteiger partial charge in [0.15, 0.2) is 5.82 Å². The summed E-state index contributed by atoms with van der Waals surface area (Å²) in [5.41, 5.74) is 5.78. The van der Waals surface area contributed by atoms with Gasteiger partial charge >= 0.3 is 0 Å². The highest BCUT2D eigenvalue weighted by atomic mass is 35.5. The predicted octanol–water partition coefficient (Wildman–Crippen LogP) is 4.10. The SMILES string of the molecule is Cc1nn(-c2cc(Nc3c(C)c(C45C6C7C8(C#N)C9C4C94C8C76C54)nn3CC3CC3)ncn2)c(C)c1Cl. The van der Waals surface area contributed by atoms with Crippen LogP contribution in [0.5, 0.6) is 0 Å². The molecule has 8 nitrogen and oxygen atoms in total. The second kappa shape index (κ2) is 4.93. The molecule has 8 saturated carbocycles. The van der Waals surface area contributed by atoms with E-state index in [0.29, 0.717) is 39.4 Å². The van der Waals surface area contributed by atoms with Crippen molar-refractivity contribution in [3.63, 3.8) is 0 Å². The fourth-order valence-electron chi connectivity index (χ4n) is 12.5. The third-order valence-corrected chi connectivity index (χ3v) is 13.4. The standard InChI is InChI=1S/C28H25ClN8/c1-10-21(26-19-17-25(8-30)18-20(26)28(18)23(25)27(17,19)24(26)28)35-36(7-13-4-5-13)22(10)33-14-6-15(32-9-31-14)37-12(3)16(29)11(2)34-37/h6,9,13,17-20,23-24H,4-5,7H2,1-3H3,(H,31,32,33). The first-order valence-electron chi connectivity index (χ1n) is 13.7. The van der Waals surface area contributed by atoms with Crippen molar-refractivity contribution in [1.82, 2.24) is 29.5 Å².